The average Bonchev–Trinajstić information content (AvgIpc) is 2.85. The van der Waals surface area contributed by atoms with Gasteiger partial charge in [0.25, 0.3) is 0 Å². The van der Waals surface area contributed by atoms with Crippen molar-refractivity contribution in [3.8, 4) is 6.07 Å². The van der Waals surface area contributed by atoms with E-state index < -0.39 is 0 Å². The van der Waals surface area contributed by atoms with Gasteiger partial charge in [-0.3, -0.25) is 0 Å². The number of nitriles is 1. The first-order chi connectivity index (χ1) is 6.41. The molecular weight excluding hydrogens is 214 g/mol. The summed E-state index contributed by atoms with van der Waals surface area (Å²) in [6.45, 7) is 1.43. The van der Waals surface area contributed by atoms with E-state index >= 15 is 0 Å². The fourth-order valence-electron chi connectivity index (χ4n) is 0.642. The number of rotatable bonds is 0. The van der Waals surface area contributed by atoms with Gasteiger partial charge in [-0.15, -0.1) is 0 Å². The van der Waals surface area contributed by atoms with E-state index in [0.29, 0.717) is 0 Å². The standard InChI is InChI=1S/2C5H5.C2H3N.Fe/c2*1-2-4-5-3-1;1-2-3;/h2*1-5H;1H3;/q2*-1;;+2. The van der Waals surface area contributed by atoms with Gasteiger partial charge >= 0.3 is 17.1 Å². The zero-order valence-corrected chi connectivity index (χ0v) is 9.18. The molecule has 0 fully saturated rings. The molecule has 0 heterocycles. The Balaban J connectivity index is 0. The first kappa shape index (κ1) is 15.2. The number of hydrogen-bond donors (Lipinski definition) is 0. The minimum Gasteiger partial charge on any atom is -0.214 e. The van der Waals surface area contributed by atoms with Crippen LogP contribution in [0.5, 0.6) is 0 Å². The van der Waals surface area contributed by atoms with Crippen LogP contribution in [0.3, 0.4) is 0 Å². The molecule has 0 atom stereocenters. The van der Waals surface area contributed by atoms with Gasteiger partial charge < -0.3 is 0 Å². The number of nitrogens with zero attached hydrogens (tertiary/aromatic N) is 1. The summed E-state index contributed by atoms with van der Waals surface area (Å²) in [6, 6.07) is 21.8. The summed E-state index contributed by atoms with van der Waals surface area (Å²) >= 11 is 0. The van der Waals surface area contributed by atoms with Gasteiger partial charge in [-0.2, -0.15) is 41.7 Å². The summed E-state index contributed by atoms with van der Waals surface area (Å²) < 4.78 is 0. The maximum Gasteiger partial charge on any atom is 2.00 e. The van der Waals surface area contributed by atoms with Crippen molar-refractivity contribution in [2.75, 3.05) is 0 Å². The second kappa shape index (κ2) is 14.2. The molecular formula is C12H13FeN. The Bertz CT molecular complexity index is 216. The largest absolute Gasteiger partial charge is 2.00 e. The Morgan fingerprint density at radius 1 is 0.857 bits per heavy atom. The zero-order chi connectivity index (χ0) is 9.78. The molecule has 14 heavy (non-hydrogen) atoms. The van der Waals surface area contributed by atoms with Gasteiger partial charge in [0.15, 0.2) is 0 Å². The molecule has 0 aliphatic rings. The predicted molar refractivity (Wildman–Crippen MR) is 55.4 cm³/mol. The average molecular weight is 227 g/mol. The third-order valence-corrected chi connectivity index (χ3v) is 1.11. The third-order valence-electron chi connectivity index (χ3n) is 1.11. The molecule has 74 valence electrons. The molecule has 0 aromatic heterocycles. The molecule has 2 aromatic carbocycles. The smallest absolute Gasteiger partial charge is 0.214 e. The van der Waals surface area contributed by atoms with Crippen molar-refractivity contribution in [3.63, 3.8) is 0 Å². The van der Waals surface area contributed by atoms with Crippen molar-refractivity contribution < 1.29 is 17.1 Å². The molecule has 0 amide bonds. The van der Waals surface area contributed by atoms with E-state index in [1.165, 1.54) is 6.92 Å². The van der Waals surface area contributed by atoms with Gasteiger partial charge in [0.1, 0.15) is 0 Å². The minimum absolute atomic E-state index is 0. The topological polar surface area (TPSA) is 23.8 Å². The van der Waals surface area contributed by atoms with Crippen LogP contribution in [-0.4, -0.2) is 0 Å². The fourth-order valence-corrected chi connectivity index (χ4v) is 0.642. The molecule has 0 N–H and O–H groups in total. The van der Waals surface area contributed by atoms with E-state index in [1.807, 2.05) is 60.7 Å². The van der Waals surface area contributed by atoms with Crippen LogP contribution in [0.25, 0.3) is 0 Å². The van der Waals surface area contributed by atoms with E-state index in [4.69, 9.17) is 5.26 Å². The predicted octanol–water partition coefficient (Wildman–Crippen LogP) is 3.34. The van der Waals surface area contributed by atoms with E-state index in [-0.39, 0.29) is 17.1 Å². The molecule has 2 rings (SSSR count). The summed E-state index contributed by atoms with van der Waals surface area (Å²) in [6.07, 6.45) is 0. The van der Waals surface area contributed by atoms with Crippen LogP contribution in [0.15, 0.2) is 60.7 Å². The van der Waals surface area contributed by atoms with Crippen LogP contribution < -0.4 is 0 Å². The summed E-state index contributed by atoms with van der Waals surface area (Å²) in [5.41, 5.74) is 0. The quantitative estimate of drug-likeness (QED) is 0.500. The van der Waals surface area contributed by atoms with Crippen LogP contribution in [0.2, 0.25) is 0 Å². The first-order valence-corrected chi connectivity index (χ1v) is 4.06. The molecule has 0 saturated carbocycles. The Morgan fingerprint density at radius 3 is 1.14 bits per heavy atom. The Labute approximate surface area is 96.2 Å². The Hall–Kier alpha value is -1.29. The van der Waals surface area contributed by atoms with Gasteiger partial charge in [0.05, 0.1) is 6.07 Å². The molecule has 0 aliphatic heterocycles. The van der Waals surface area contributed by atoms with Crippen molar-refractivity contribution in [1.29, 1.82) is 5.26 Å². The summed E-state index contributed by atoms with van der Waals surface area (Å²) in [7, 11) is 0. The second-order valence-electron chi connectivity index (χ2n) is 2.15. The second-order valence-corrected chi connectivity index (χ2v) is 2.15. The molecule has 0 saturated heterocycles. The maximum absolute atomic E-state index is 7.32. The first-order valence-electron chi connectivity index (χ1n) is 4.06. The van der Waals surface area contributed by atoms with Crippen molar-refractivity contribution in [1.82, 2.24) is 0 Å². The fraction of sp³-hybridized carbons (Fsp3) is 0.0833. The van der Waals surface area contributed by atoms with Gasteiger partial charge in [0, 0.05) is 6.92 Å². The van der Waals surface area contributed by atoms with Gasteiger partial charge in [0.2, 0.25) is 0 Å². The van der Waals surface area contributed by atoms with E-state index in [1.54, 1.807) is 6.07 Å². The van der Waals surface area contributed by atoms with Crippen molar-refractivity contribution in [2.45, 2.75) is 6.92 Å². The van der Waals surface area contributed by atoms with Gasteiger partial charge in [-0.1, -0.05) is 0 Å². The van der Waals surface area contributed by atoms with E-state index in [9.17, 15) is 0 Å². The molecule has 1 nitrogen and oxygen atoms in total. The Morgan fingerprint density at radius 2 is 1.07 bits per heavy atom. The molecule has 0 spiro atoms. The van der Waals surface area contributed by atoms with E-state index in [0.717, 1.165) is 0 Å². The maximum atomic E-state index is 7.32. The molecule has 2 heteroatoms. The molecule has 0 aliphatic carbocycles. The van der Waals surface area contributed by atoms with Gasteiger partial charge in [-0.25, -0.2) is 24.3 Å². The third kappa shape index (κ3) is 13.3. The van der Waals surface area contributed by atoms with Crippen LogP contribution in [0, 0.1) is 11.3 Å². The van der Waals surface area contributed by atoms with Crippen LogP contribution >= 0.6 is 0 Å². The Kier molecular flexibility index (Phi) is 15.5. The summed E-state index contributed by atoms with van der Waals surface area (Å²) in [5.74, 6) is 0. The minimum atomic E-state index is 0. The van der Waals surface area contributed by atoms with E-state index in [2.05, 4.69) is 0 Å². The normalized spacial score (nSPS) is 6.29. The summed E-state index contributed by atoms with van der Waals surface area (Å²) in [5, 5.41) is 7.32. The van der Waals surface area contributed by atoms with Crippen molar-refractivity contribution >= 4 is 0 Å². The molecule has 0 unspecified atom stereocenters. The monoisotopic (exact) mass is 227 g/mol. The zero-order valence-electron chi connectivity index (χ0n) is 8.07. The SMILES string of the molecule is CC#N.[Fe+2].c1cc[cH-]c1.c1cc[cH-]c1. The van der Waals surface area contributed by atoms with Gasteiger partial charge in [-0.05, 0) is 0 Å². The molecule has 2 aromatic rings. The van der Waals surface area contributed by atoms with Crippen molar-refractivity contribution in [3.05, 3.63) is 60.7 Å². The van der Waals surface area contributed by atoms with Crippen LogP contribution in [-0.2, 0) is 17.1 Å². The molecule has 0 bridgehead atoms. The number of hydrogen-bond acceptors (Lipinski definition) is 1. The van der Waals surface area contributed by atoms with Crippen LogP contribution in [0.1, 0.15) is 6.92 Å². The van der Waals surface area contributed by atoms with Crippen molar-refractivity contribution in [2.24, 2.45) is 0 Å². The molecule has 0 radical (unpaired) electrons. The summed E-state index contributed by atoms with van der Waals surface area (Å²) in [4.78, 5) is 0. The van der Waals surface area contributed by atoms with Crippen LogP contribution in [0.4, 0.5) is 0 Å².